The first kappa shape index (κ1) is 27.2. The summed E-state index contributed by atoms with van der Waals surface area (Å²) in [6.45, 7) is 7.07. The van der Waals surface area contributed by atoms with E-state index in [0.29, 0.717) is 40.7 Å². The van der Waals surface area contributed by atoms with Gasteiger partial charge in [0.2, 0.25) is 0 Å². The van der Waals surface area contributed by atoms with Crippen molar-refractivity contribution >= 4 is 11.8 Å². The first-order chi connectivity index (χ1) is 17.0. The maximum atomic E-state index is 13.1. The molecule has 0 aliphatic heterocycles. The Morgan fingerprint density at radius 3 is 1.78 bits per heavy atom. The van der Waals surface area contributed by atoms with Crippen molar-refractivity contribution < 1.29 is 28.5 Å². The Kier molecular flexibility index (Phi) is 8.38. The lowest BCUT2D eigenvalue weighted by Gasteiger charge is -2.47. The van der Waals surface area contributed by atoms with Crippen LogP contribution in [-0.2, 0) is 0 Å². The number of carbonyl (C=O) groups excluding carboxylic acids is 2. The molecule has 1 aliphatic carbocycles. The molecule has 2 atom stereocenters. The number of benzene rings is 2. The average molecular weight is 499 g/mol. The van der Waals surface area contributed by atoms with Gasteiger partial charge in [-0.1, -0.05) is 20.8 Å². The fourth-order valence-electron chi connectivity index (χ4n) is 5.49. The van der Waals surface area contributed by atoms with Crippen molar-refractivity contribution in [2.75, 3.05) is 35.0 Å². The molecular weight excluding hydrogens is 460 g/mol. The van der Waals surface area contributed by atoms with E-state index in [1.165, 1.54) is 0 Å². The van der Waals surface area contributed by atoms with E-state index in [0.717, 1.165) is 19.3 Å². The lowest BCUT2D eigenvalue weighted by molar-refractivity contribution is 0.0592. The molecule has 2 N–H and O–H groups in total. The minimum Gasteiger partial charge on any atom is -0.493 e. The Morgan fingerprint density at radius 2 is 1.28 bits per heavy atom. The summed E-state index contributed by atoms with van der Waals surface area (Å²) >= 11 is 0. The standard InChI is InChI=1S/C28H38N2O6/c1-27(2)14-20(30-26(32)19-9-11-22(34-5)24(13-19)36-7)15-28(3,16-27)17-29-25(31)18-8-10-21(33-4)23(12-18)35-6/h8-13,20H,14-17H2,1-7H3,(H,29,31)(H,30,32)/t20-,28+/m1/s1. The van der Waals surface area contributed by atoms with E-state index < -0.39 is 0 Å². The highest BCUT2D eigenvalue weighted by Gasteiger charge is 2.42. The van der Waals surface area contributed by atoms with Gasteiger partial charge < -0.3 is 29.6 Å². The molecule has 36 heavy (non-hydrogen) atoms. The predicted molar refractivity (Wildman–Crippen MR) is 138 cm³/mol. The van der Waals surface area contributed by atoms with E-state index in [1.54, 1.807) is 64.8 Å². The Hall–Kier alpha value is -3.42. The molecule has 0 heterocycles. The number of methoxy groups -OCH3 is 4. The lowest BCUT2D eigenvalue weighted by Crippen LogP contribution is -2.50. The lowest BCUT2D eigenvalue weighted by atomic mass is 9.62. The van der Waals surface area contributed by atoms with Crippen molar-refractivity contribution in [3.05, 3.63) is 47.5 Å². The monoisotopic (exact) mass is 498 g/mol. The van der Waals surface area contributed by atoms with Crippen LogP contribution in [0.4, 0.5) is 0 Å². The van der Waals surface area contributed by atoms with Gasteiger partial charge in [0.15, 0.2) is 23.0 Å². The zero-order valence-corrected chi connectivity index (χ0v) is 22.3. The summed E-state index contributed by atoms with van der Waals surface area (Å²) in [5, 5.41) is 6.29. The number of hydrogen-bond donors (Lipinski definition) is 2. The molecule has 2 aromatic rings. The molecule has 1 aliphatic rings. The van der Waals surface area contributed by atoms with Crippen molar-refractivity contribution in [1.82, 2.24) is 10.6 Å². The highest BCUT2D eigenvalue weighted by molar-refractivity contribution is 5.95. The topological polar surface area (TPSA) is 95.1 Å². The van der Waals surface area contributed by atoms with Crippen molar-refractivity contribution in [1.29, 1.82) is 0 Å². The minimum absolute atomic E-state index is 0.00337. The molecule has 0 radical (unpaired) electrons. The second kappa shape index (κ2) is 11.1. The molecule has 1 fully saturated rings. The predicted octanol–water partition coefficient (Wildman–Crippen LogP) is 4.47. The Bertz CT molecular complexity index is 1100. The average Bonchev–Trinajstić information content (AvgIpc) is 2.85. The quantitative estimate of drug-likeness (QED) is 0.530. The first-order valence-electron chi connectivity index (χ1n) is 12.1. The van der Waals surface area contributed by atoms with E-state index in [2.05, 4.69) is 31.4 Å². The summed E-state index contributed by atoms with van der Waals surface area (Å²) in [6.07, 6.45) is 2.53. The fourth-order valence-corrected chi connectivity index (χ4v) is 5.49. The van der Waals surface area contributed by atoms with Crippen LogP contribution in [-0.4, -0.2) is 52.8 Å². The molecule has 2 amide bonds. The molecule has 0 saturated heterocycles. The van der Waals surface area contributed by atoms with Crippen molar-refractivity contribution in [3.8, 4) is 23.0 Å². The normalized spacial score (nSPS) is 20.7. The molecule has 196 valence electrons. The summed E-state index contributed by atoms with van der Waals surface area (Å²) < 4.78 is 21.2. The van der Waals surface area contributed by atoms with Crippen LogP contribution in [0.15, 0.2) is 36.4 Å². The van der Waals surface area contributed by atoms with Crippen LogP contribution in [0, 0.1) is 10.8 Å². The number of hydrogen-bond acceptors (Lipinski definition) is 6. The van der Waals surface area contributed by atoms with Crippen LogP contribution in [0.25, 0.3) is 0 Å². The summed E-state index contributed by atoms with van der Waals surface area (Å²) in [7, 11) is 6.21. The summed E-state index contributed by atoms with van der Waals surface area (Å²) in [4.78, 5) is 26.0. The van der Waals surface area contributed by atoms with E-state index in [1.807, 2.05) is 0 Å². The van der Waals surface area contributed by atoms with Crippen LogP contribution >= 0.6 is 0 Å². The zero-order valence-electron chi connectivity index (χ0n) is 22.3. The SMILES string of the molecule is COc1ccc(C(=O)NC[C@@]2(C)C[C@H](NC(=O)c3ccc(OC)c(OC)c3)CC(C)(C)C2)cc1OC. The van der Waals surface area contributed by atoms with Gasteiger partial charge in [0.05, 0.1) is 28.4 Å². The first-order valence-corrected chi connectivity index (χ1v) is 12.1. The van der Waals surface area contributed by atoms with Gasteiger partial charge in [-0.25, -0.2) is 0 Å². The number of ether oxygens (including phenoxy) is 4. The third-order valence-corrected chi connectivity index (χ3v) is 6.75. The molecule has 2 aromatic carbocycles. The Morgan fingerprint density at radius 1 is 0.778 bits per heavy atom. The van der Waals surface area contributed by atoms with Crippen LogP contribution < -0.4 is 29.6 Å². The molecule has 0 spiro atoms. The Labute approximate surface area is 213 Å². The molecule has 3 rings (SSSR count). The molecule has 0 unspecified atom stereocenters. The number of rotatable bonds is 9. The highest BCUT2D eigenvalue weighted by atomic mass is 16.5. The largest absolute Gasteiger partial charge is 0.493 e. The van der Waals surface area contributed by atoms with Crippen LogP contribution in [0.2, 0.25) is 0 Å². The minimum atomic E-state index is -0.191. The van der Waals surface area contributed by atoms with Crippen molar-refractivity contribution in [2.24, 2.45) is 10.8 Å². The van der Waals surface area contributed by atoms with Gasteiger partial charge in [0, 0.05) is 23.7 Å². The number of nitrogens with one attached hydrogen (secondary N) is 2. The van der Waals surface area contributed by atoms with Crippen LogP contribution in [0.1, 0.15) is 60.7 Å². The molecule has 1 saturated carbocycles. The van der Waals surface area contributed by atoms with E-state index in [9.17, 15) is 9.59 Å². The maximum Gasteiger partial charge on any atom is 0.251 e. The van der Waals surface area contributed by atoms with Gasteiger partial charge in [-0.05, 0) is 66.5 Å². The maximum absolute atomic E-state index is 13.1. The van der Waals surface area contributed by atoms with Crippen molar-refractivity contribution in [2.45, 2.75) is 46.1 Å². The van der Waals surface area contributed by atoms with E-state index >= 15 is 0 Å². The van der Waals surface area contributed by atoms with Gasteiger partial charge in [0.25, 0.3) is 11.8 Å². The second-order valence-corrected chi connectivity index (χ2v) is 10.6. The third kappa shape index (κ3) is 6.42. The van der Waals surface area contributed by atoms with E-state index in [4.69, 9.17) is 18.9 Å². The summed E-state index contributed by atoms with van der Waals surface area (Å²) in [5.74, 6) is 1.83. The molecule has 8 nitrogen and oxygen atoms in total. The van der Waals surface area contributed by atoms with E-state index in [-0.39, 0.29) is 28.7 Å². The smallest absolute Gasteiger partial charge is 0.251 e. The van der Waals surface area contributed by atoms with Gasteiger partial charge in [-0.3, -0.25) is 9.59 Å². The molecule has 0 aromatic heterocycles. The zero-order chi connectivity index (χ0) is 26.5. The molecule has 8 heteroatoms. The van der Waals surface area contributed by atoms with Gasteiger partial charge in [-0.15, -0.1) is 0 Å². The van der Waals surface area contributed by atoms with Crippen molar-refractivity contribution in [3.63, 3.8) is 0 Å². The molecular formula is C28H38N2O6. The fraction of sp³-hybridized carbons (Fsp3) is 0.500. The van der Waals surface area contributed by atoms with Gasteiger partial charge in [0.1, 0.15) is 0 Å². The van der Waals surface area contributed by atoms with Crippen LogP contribution in [0.3, 0.4) is 0 Å². The summed E-state index contributed by atoms with van der Waals surface area (Å²) in [5.41, 5.74) is 0.823. The van der Waals surface area contributed by atoms with Crippen LogP contribution in [0.5, 0.6) is 23.0 Å². The number of carbonyl (C=O) groups is 2. The summed E-state index contributed by atoms with van der Waals surface area (Å²) in [6, 6.07) is 10.2. The third-order valence-electron chi connectivity index (χ3n) is 6.75. The number of amides is 2. The second-order valence-electron chi connectivity index (χ2n) is 10.6. The molecule has 0 bridgehead atoms. The Balaban J connectivity index is 1.69. The van der Waals surface area contributed by atoms with Gasteiger partial charge >= 0.3 is 0 Å². The van der Waals surface area contributed by atoms with Gasteiger partial charge in [-0.2, -0.15) is 0 Å². The highest BCUT2D eigenvalue weighted by Crippen LogP contribution is 2.46.